The summed E-state index contributed by atoms with van der Waals surface area (Å²) in [7, 11) is 0. The Morgan fingerprint density at radius 3 is 2.55 bits per heavy atom. The van der Waals surface area contributed by atoms with Crippen molar-refractivity contribution in [1.29, 1.82) is 0 Å². The highest BCUT2D eigenvalue weighted by molar-refractivity contribution is 7.13. The Morgan fingerprint density at radius 1 is 1.06 bits per heavy atom. The average molecular weight is 451 g/mol. The van der Waals surface area contributed by atoms with E-state index in [4.69, 9.17) is 4.74 Å². The number of nitrogens with zero attached hydrogens (tertiary/aromatic N) is 2. The number of carbonyl (C=O) groups excluding carboxylic acids is 2. The van der Waals surface area contributed by atoms with Crippen LogP contribution >= 0.6 is 22.7 Å². The lowest BCUT2D eigenvalue weighted by atomic mass is 10.2. The Bertz CT molecular complexity index is 1280. The molecule has 2 N–H and O–H groups in total. The van der Waals surface area contributed by atoms with Crippen molar-refractivity contribution >= 4 is 40.8 Å². The molecule has 1 aromatic carbocycles. The molecule has 154 valence electrons. The minimum atomic E-state index is -0.618. The number of benzene rings is 1. The van der Waals surface area contributed by atoms with E-state index < -0.39 is 17.6 Å². The fourth-order valence-electron chi connectivity index (χ4n) is 2.54. The van der Waals surface area contributed by atoms with Gasteiger partial charge in [-0.05, 0) is 58.8 Å². The predicted octanol–water partition coefficient (Wildman–Crippen LogP) is 3.54. The molecule has 0 aliphatic rings. The Hall–Kier alpha value is -3.89. The maximum atomic E-state index is 12.3. The Labute approximate surface area is 183 Å². The molecule has 3 heterocycles. The first kappa shape index (κ1) is 20.4. The van der Waals surface area contributed by atoms with Crippen LogP contribution in [0.1, 0.15) is 25.7 Å². The molecular weight excluding hydrogens is 436 g/mol. The highest BCUT2D eigenvalue weighted by Crippen LogP contribution is 2.21. The van der Waals surface area contributed by atoms with Crippen molar-refractivity contribution in [2.75, 3.05) is 0 Å². The minimum absolute atomic E-state index is 0.0415. The lowest BCUT2D eigenvalue weighted by Crippen LogP contribution is -2.24. The van der Waals surface area contributed by atoms with Crippen LogP contribution in [-0.4, -0.2) is 28.1 Å². The summed E-state index contributed by atoms with van der Waals surface area (Å²) in [6.07, 6.45) is 1.43. The smallest absolute Gasteiger partial charge is 0.353 e. The van der Waals surface area contributed by atoms with Gasteiger partial charge in [0.25, 0.3) is 5.91 Å². The minimum Gasteiger partial charge on any atom is -0.422 e. The van der Waals surface area contributed by atoms with E-state index in [0.29, 0.717) is 21.9 Å². The van der Waals surface area contributed by atoms with Crippen molar-refractivity contribution in [2.45, 2.75) is 0 Å². The Balaban J connectivity index is 1.38. The van der Waals surface area contributed by atoms with Crippen LogP contribution in [0.25, 0.3) is 10.6 Å². The molecule has 10 heteroatoms. The molecular formula is C21H14N4O4S2. The number of aromatic nitrogens is 2. The van der Waals surface area contributed by atoms with Gasteiger partial charge in [0, 0.05) is 0 Å². The molecule has 8 nitrogen and oxygen atoms in total. The van der Waals surface area contributed by atoms with Crippen LogP contribution in [0, 0.1) is 0 Å². The van der Waals surface area contributed by atoms with Crippen LogP contribution in [-0.2, 0) is 0 Å². The van der Waals surface area contributed by atoms with Gasteiger partial charge in [-0.25, -0.2) is 15.0 Å². The largest absolute Gasteiger partial charge is 0.422 e. The number of nitrogens with one attached hydrogen (secondary N) is 2. The zero-order valence-electron chi connectivity index (χ0n) is 15.8. The third kappa shape index (κ3) is 5.18. The summed E-state index contributed by atoms with van der Waals surface area (Å²) < 4.78 is 5.28. The molecule has 0 unspecified atom stereocenters. The first-order valence-electron chi connectivity index (χ1n) is 8.93. The van der Waals surface area contributed by atoms with Gasteiger partial charge >= 0.3 is 11.7 Å². The quantitative estimate of drug-likeness (QED) is 0.202. The summed E-state index contributed by atoms with van der Waals surface area (Å²) in [6.45, 7) is 0. The fraction of sp³-hybridized carbons (Fsp3) is 0. The van der Waals surface area contributed by atoms with Crippen molar-refractivity contribution < 1.29 is 14.3 Å². The number of carbonyl (C=O) groups is 2. The van der Waals surface area contributed by atoms with Crippen molar-refractivity contribution in [2.24, 2.45) is 5.10 Å². The SMILES string of the molecule is O=C(N/N=C/c1ccc(OC(=O)c2cccs2)cc1)c1cc(-c2cccs2)[nH]c(=O)n1. The monoisotopic (exact) mass is 450 g/mol. The number of esters is 1. The number of hydrogen-bond acceptors (Lipinski definition) is 8. The maximum absolute atomic E-state index is 12.3. The van der Waals surface area contributed by atoms with Crippen LogP contribution in [0.3, 0.4) is 0 Å². The van der Waals surface area contributed by atoms with Crippen molar-refractivity contribution in [1.82, 2.24) is 15.4 Å². The molecule has 0 atom stereocenters. The van der Waals surface area contributed by atoms with Crippen molar-refractivity contribution in [3.05, 3.63) is 92.0 Å². The third-order valence-electron chi connectivity index (χ3n) is 3.96. The average Bonchev–Trinajstić information content (AvgIpc) is 3.49. The molecule has 31 heavy (non-hydrogen) atoms. The molecule has 0 radical (unpaired) electrons. The van der Waals surface area contributed by atoms with E-state index >= 15 is 0 Å². The summed E-state index contributed by atoms with van der Waals surface area (Å²) in [5.74, 6) is -0.633. The molecule has 1 amide bonds. The first-order chi connectivity index (χ1) is 15.1. The van der Waals surface area contributed by atoms with E-state index in [2.05, 4.69) is 20.5 Å². The van der Waals surface area contributed by atoms with Crippen molar-refractivity contribution in [3.63, 3.8) is 0 Å². The first-order valence-corrected chi connectivity index (χ1v) is 10.7. The number of aromatic amines is 1. The molecule has 0 spiro atoms. The normalized spacial score (nSPS) is 10.8. The van der Waals surface area contributed by atoms with Gasteiger partial charge in [0.05, 0.1) is 16.8 Å². The molecule has 0 saturated heterocycles. The summed E-state index contributed by atoms with van der Waals surface area (Å²) in [6, 6.07) is 15.3. The zero-order chi connectivity index (χ0) is 21.6. The van der Waals surface area contributed by atoms with E-state index in [1.54, 1.807) is 41.8 Å². The number of amides is 1. The molecule has 0 aliphatic carbocycles. The molecule has 0 aliphatic heterocycles. The van der Waals surface area contributed by atoms with Crippen molar-refractivity contribution in [3.8, 4) is 16.3 Å². The standard InChI is InChI=1S/C21H14N4O4S2/c26-19(16-11-15(23-21(28)24-16)17-3-1-9-30-17)25-22-12-13-5-7-14(8-6-13)29-20(27)18-4-2-10-31-18/h1-12H,(H,25,26)(H,23,24,28)/b22-12+. The van der Waals surface area contributed by atoms with Gasteiger partial charge in [-0.2, -0.15) is 10.1 Å². The van der Waals surface area contributed by atoms with Gasteiger partial charge in [0.15, 0.2) is 0 Å². The van der Waals surface area contributed by atoms with Crippen LogP contribution in [0.5, 0.6) is 5.75 Å². The van der Waals surface area contributed by atoms with E-state index in [0.717, 1.165) is 4.88 Å². The number of thiophene rings is 2. The second-order valence-corrected chi connectivity index (χ2v) is 7.99. The topological polar surface area (TPSA) is 114 Å². The second-order valence-electron chi connectivity index (χ2n) is 6.10. The summed E-state index contributed by atoms with van der Waals surface area (Å²) in [4.78, 5) is 43.7. The molecule has 0 fully saturated rings. The summed E-state index contributed by atoms with van der Waals surface area (Å²) in [5.41, 5.74) is 2.87. The number of rotatable bonds is 6. The second kappa shape index (κ2) is 9.28. The Kier molecular flexibility index (Phi) is 6.11. The zero-order valence-corrected chi connectivity index (χ0v) is 17.4. The molecule has 4 rings (SSSR count). The lowest BCUT2D eigenvalue weighted by Gasteiger charge is -2.03. The lowest BCUT2D eigenvalue weighted by molar-refractivity contribution is 0.0739. The van der Waals surface area contributed by atoms with Crippen LogP contribution in [0.4, 0.5) is 0 Å². The van der Waals surface area contributed by atoms with Crippen LogP contribution < -0.4 is 15.9 Å². The Morgan fingerprint density at radius 2 is 1.84 bits per heavy atom. The van der Waals surface area contributed by atoms with Gasteiger partial charge in [0.1, 0.15) is 16.3 Å². The highest BCUT2D eigenvalue weighted by Gasteiger charge is 2.11. The molecule has 0 bridgehead atoms. The number of hydrogen-bond donors (Lipinski definition) is 2. The van der Waals surface area contributed by atoms with Gasteiger partial charge in [0.2, 0.25) is 0 Å². The van der Waals surface area contributed by atoms with Gasteiger partial charge in [-0.15, -0.1) is 22.7 Å². The number of ether oxygens (including phenoxy) is 1. The number of hydrazone groups is 1. The third-order valence-corrected chi connectivity index (χ3v) is 5.71. The molecule has 0 saturated carbocycles. The summed E-state index contributed by atoms with van der Waals surface area (Å²) >= 11 is 2.74. The highest BCUT2D eigenvalue weighted by atomic mass is 32.1. The number of H-pyrrole nitrogens is 1. The predicted molar refractivity (Wildman–Crippen MR) is 119 cm³/mol. The van der Waals surface area contributed by atoms with E-state index in [-0.39, 0.29) is 5.69 Å². The molecule has 4 aromatic rings. The van der Waals surface area contributed by atoms with E-state index in [1.165, 1.54) is 35.0 Å². The van der Waals surface area contributed by atoms with E-state index in [9.17, 15) is 14.4 Å². The molecule has 3 aromatic heterocycles. The van der Waals surface area contributed by atoms with Gasteiger partial charge in [-0.1, -0.05) is 12.1 Å². The fourth-order valence-corrected chi connectivity index (χ4v) is 3.83. The van der Waals surface area contributed by atoms with Gasteiger partial charge in [-0.3, -0.25) is 4.79 Å². The van der Waals surface area contributed by atoms with E-state index in [1.807, 2.05) is 17.5 Å². The van der Waals surface area contributed by atoms with Crippen LogP contribution in [0.15, 0.2) is 75.3 Å². The van der Waals surface area contributed by atoms with Gasteiger partial charge < -0.3 is 9.72 Å². The maximum Gasteiger partial charge on any atom is 0.353 e. The van der Waals surface area contributed by atoms with Crippen LogP contribution in [0.2, 0.25) is 0 Å². The summed E-state index contributed by atoms with van der Waals surface area (Å²) in [5, 5.41) is 7.56.